The van der Waals surface area contributed by atoms with E-state index in [-0.39, 0.29) is 5.56 Å². The Bertz CT molecular complexity index is 994. The summed E-state index contributed by atoms with van der Waals surface area (Å²) < 4.78 is 12.4. The largest absolute Gasteiger partial charge is 0.493 e. The molecule has 0 spiro atoms. The molecule has 3 heterocycles. The number of hydrogen-bond acceptors (Lipinski definition) is 8. The molecule has 29 heavy (non-hydrogen) atoms. The van der Waals surface area contributed by atoms with Gasteiger partial charge in [0.25, 0.3) is 5.56 Å². The average molecular weight is 398 g/mol. The average Bonchev–Trinajstić information content (AvgIpc) is 2.72. The fraction of sp³-hybridized carbons (Fsp3) is 0.450. The number of methoxy groups -OCH3 is 2. The number of likely N-dealkylation sites (N-methyl/N-ethyl adjacent to an activating group) is 1. The maximum absolute atomic E-state index is 12.8. The van der Waals surface area contributed by atoms with E-state index < -0.39 is 6.17 Å². The molecule has 1 fully saturated rings. The van der Waals surface area contributed by atoms with Gasteiger partial charge in [-0.2, -0.15) is 0 Å². The van der Waals surface area contributed by atoms with Crippen LogP contribution in [0.4, 0.5) is 5.95 Å². The normalized spacial score (nSPS) is 19.2. The lowest BCUT2D eigenvalue weighted by molar-refractivity contribution is 0.213. The van der Waals surface area contributed by atoms with Gasteiger partial charge in [0.15, 0.2) is 17.7 Å². The lowest BCUT2D eigenvalue weighted by atomic mass is 10.1. The minimum Gasteiger partial charge on any atom is -0.493 e. The van der Waals surface area contributed by atoms with Crippen molar-refractivity contribution in [3.63, 3.8) is 0 Å². The van der Waals surface area contributed by atoms with Crippen molar-refractivity contribution in [2.75, 3.05) is 52.8 Å². The van der Waals surface area contributed by atoms with E-state index in [4.69, 9.17) is 14.5 Å². The fourth-order valence-corrected chi connectivity index (χ4v) is 3.65. The Balaban J connectivity index is 1.80. The molecule has 2 aliphatic heterocycles. The Hall–Kier alpha value is -3.07. The number of aromatic nitrogens is 2. The van der Waals surface area contributed by atoms with E-state index in [1.807, 2.05) is 25.1 Å². The third-order valence-electron chi connectivity index (χ3n) is 5.30. The molecule has 1 atom stereocenters. The fourth-order valence-electron chi connectivity index (χ4n) is 3.65. The number of hydrogen-bond donors (Lipinski definition) is 1. The topological polar surface area (TPSA) is 84.2 Å². The van der Waals surface area contributed by atoms with Crippen molar-refractivity contribution < 1.29 is 9.47 Å². The zero-order chi connectivity index (χ0) is 20.5. The van der Waals surface area contributed by atoms with Gasteiger partial charge in [0, 0.05) is 43.5 Å². The van der Waals surface area contributed by atoms with Crippen molar-refractivity contribution >= 4 is 11.9 Å². The second-order valence-electron chi connectivity index (χ2n) is 7.29. The second kappa shape index (κ2) is 7.75. The van der Waals surface area contributed by atoms with E-state index in [2.05, 4.69) is 27.1 Å². The van der Waals surface area contributed by atoms with Gasteiger partial charge in [0.2, 0.25) is 11.9 Å². The number of fused-ring (bicyclic) bond motifs is 1. The molecule has 1 aromatic heterocycles. The monoisotopic (exact) mass is 398 g/mol. The SMILES string of the molecule is COc1ccc([C@@H]2N=C(N3CCN(C)CC3)Nc3nc(C)cc(=O)n32)cc1OC. The zero-order valence-corrected chi connectivity index (χ0v) is 17.2. The van der Waals surface area contributed by atoms with E-state index >= 15 is 0 Å². The van der Waals surface area contributed by atoms with Crippen molar-refractivity contribution in [3.05, 3.63) is 45.9 Å². The molecule has 0 unspecified atom stereocenters. The summed E-state index contributed by atoms with van der Waals surface area (Å²) in [5.41, 5.74) is 1.34. The van der Waals surface area contributed by atoms with Crippen LogP contribution in [0.1, 0.15) is 17.4 Å². The summed E-state index contributed by atoms with van der Waals surface area (Å²) >= 11 is 0. The first-order valence-corrected chi connectivity index (χ1v) is 9.60. The van der Waals surface area contributed by atoms with Gasteiger partial charge in [-0.15, -0.1) is 0 Å². The third-order valence-corrected chi connectivity index (χ3v) is 5.30. The summed E-state index contributed by atoms with van der Waals surface area (Å²) in [4.78, 5) is 26.8. The van der Waals surface area contributed by atoms with Gasteiger partial charge in [0.1, 0.15) is 0 Å². The lowest BCUT2D eigenvalue weighted by Gasteiger charge is -2.37. The number of aliphatic imine (C=N–C) groups is 1. The van der Waals surface area contributed by atoms with Gasteiger partial charge >= 0.3 is 0 Å². The highest BCUT2D eigenvalue weighted by Crippen LogP contribution is 2.33. The molecule has 2 aliphatic rings. The summed E-state index contributed by atoms with van der Waals surface area (Å²) in [7, 11) is 5.30. The minimum absolute atomic E-state index is 0.152. The van der Waals surface area contributed by atoms with Gasteiger partial charge < -0.3 is 19.3 Å². The van der Waals surface area contributed by atoms with Crippen LogP contribution in [0.2, 0.25) is 0 Å². The van der Waals surface area contributed by atoms with Gasteiger partial charge in [-0.25, -0.2) is 9.98 Å². The Kier molecular flexibility index (Phi) is 5.14. The molecule has 4 rings (SSSR count). The van der Waals surface area contributed by atoms with Crippen molar-refractivity contribution in [2.45, 2.75) is 13.1 Å². The molecule has 2 aromatic rings. The van der Waals surface area contributed by atoms with E-state index in [1.165, 1.54) is 6.07 Å². The summed E-state index contributed by atoms with van der Waals surface area (Å²) in [5.74, 6) is 2.45. The van der Waals surface area contributed by atoms with E-state index in [0.717, 1.165) is 37.7 Å². The zero-order valence-electron chi connectivity index (χ0n) is 17.2. The molecule has 9 heteroatoms. The summed E-state index contributed by atoms with van der Waals surface area (Å²) in [6.07, 6.45) is -0.540. The van der Waals surface area contributed by atoms with Gasteiger partial charge in [-0.1, -0.05) is 6.07 Å². The van der Waals surface area contributed by atoms with Crippen LogP contribution >= 0.6 is 0 Å². The Morgan fingerprint density at radius 1 is 1.07 bits per heavy atom. The van der Waals surface area contributed by atoms with Crippen molar-refractivity contribution in [2.24, 2.45) is 4.99 Å². The van der Waals surface area contributed by atoms with Crippen molar-refractivity contribution in [3.8, 4) is 11.5 Å². The van der Waals surface area contributed by atoms with Crippen LogP contribution in [0, 0.1) is 6.92 Å². The quantitative estimate of drug-likeness (QED) is 0.830. The number of nitrogens with zero attached hydrogens (tertiary/aromatic N) is 5. The number of ether oxygens (including phenoxy) is 2. The molecular weight excluding hydrogens is 372 g/mol. The van der Waals surface area contributed by atoms with E-state index in [9.17, 15) is 4.79 Å². The first kappa shape index (κ1) is 19.3. The Morgan fingerprint density at radius 2 is 1.79 bits per heavy atom. The molecule has 1 N–H and O–H groups in total. The van der Waals surface area contributed by atoms with Crippen LogP contribution in [0.15, 0.2) is 34.1 Å². The molecule has 0 saturated carbocycles. The van der Waals surface area contributed by atoms with Gasteiger partial charge in [-0.05, 0) is 26.1 Å². The smallest absolute Gasteiger partial charge is 0.257 e. The summed E-state index contributed by atoms with van der Waals surface area (Å²) in [5, 5.41) is 3.27. The number of benzene rings is 1. The minimum atomic E-state index is -0.540. The molecule has 1 aromatic carbocycles. The Labute approximate surface area is 169 Å². The molecular formula is C20H26N6O3. The Morgan fingerprint density at radius 3 is 2.48 bits per heavy atom. The van der Waals surface area contributed by atoms with Crippen LogP contribution < -0.4 is 20.3 Å². The van der Waals surface area contributed by atoms with Crippen molar-refractivity contribution in [1.82, 2.24) is 19.4 Å². The molecule has 0 radical (unpaired) electrons. The second-order valence-corrected chi connectivity index (χ2v) is 7.29. The molecule has 0 amide bonds. The van der Waals surface area contributed by atoms with Gasteiger partial charge in [0.05, 0.1) is 14.2 Å². The van der Waals surface area contributed by atoms with Crippen LogP contribution in [-0.4, -0.2) is 72.8 Å². The van der Waals surface area contributed by atoms with E-state index in [1.54, 1.807) is 18.8 Å². The highest BCUT2D eigenvalue weighted by atomic mass is 16.5. The summed E-state index contributed by atoms with van der Waals surface area (Å²) in [6, 6.07) is 7.11. The van der Waals surface area contributed by atoms with E-state index in [0.29, 0.717) is 23.1 Å². The van der Waals surface area contributed by atoms with Crippen LogP contribution in [0.3, 0.4) is 0 Å². The molecule has 0 bridgehead atoms. The van der Waals surface area contributed by atoms with Gasteiger partial charge in [-0.3, -0.25) is 14.7 Å². The predicted molar refractivity (Wildman–Crippen MR) is 111 cm³/mol. The number of nitrogens with one attached hydrogen (secondary N) is 1. The lowest BCUT2D eigenvalue weighted by Crippen LogP contribution is -2.51. The van der Waals surface area contributed by atoms with Crippen LogP contribution in [-0.2, 0) is 0 Å². The van der Waals surface area contributed by atoms with Crippen LogP contribution in [0.5, 0.6) is 11.5 Å². The van der Waals surface area contributed by atoms with Crippen molar-refractivity contribution in [1.29, 1.82) is 0 Å². The maximum atomic E-state index is 12.8. The highest BCUT2D eigenvalue weighted by molar-refractivity contribution is 5.93. The first-order chi connectivity index (χ1) is 14.0. The predicted octanol–water partition coefficient (Wildman–Crippen LogP) is 1.14. The number of aryl methyl sites for hydroxylation is 1. The number of anilines is 1. The molecule has 1 saturated heterocycles. The standard InChI is InChI=1S/C20H26N6O3/c1-13-11-17(27)26-18(14-5-6-15(28-3)16(12-14)29-4)22-19(23-20(26)21-13)25-9-7-24(2)8-10-25/h5-6,11-12,18H,7-10H2,1-4H3,(H,21,22,23)/t18-/m1/s1. The number of guanidine groups is 1. The van der Waals surface area contributed by atoms with Crippen LogP contribution in [0.25, 0.3) is 0 Å². The summed E-state index contributed by atoms with van der Waals surface area (Å²) in [6.45, 7) is 5.44. The molecule has 154 valence electrons. The third kappa shape index (κ3) is 3.65. The molecule has 0 aliphatic carbocycles. The highest BCUT2D eigenvalue weighted by Gasteiger charge is 2.29. The molecule has 9 nitrogen and oxygen atoms in total. The maximum Gasteiger partial charge on any atom is 0.257 e. The number of piperazine rings is 1. The number of rotatable bonds is 3. The first-order valence-electron chi connectivity index (χ1n) is 9.60.